The zero-order chi connectivity index (χ0) is 13.6. The zero-order valence-electron chi connectivity index (χ0n) is 11.8. The SMILES string of the molecule is c1cc(CCNCc2ccc(N3CCCC3)cc2)cs1. The van der Waals surface area contributed by atoms with Gasteiger partial charge in [0.2, 0.25) is 0 Å². The molecule has 0 radical (unpaired) electrons. The zero-order valence-corrected chi connectivity index (χ0v) is 12.7. The van der Waals surface area contributed by atoms with Crippen LogP contribution in [0.4, 0.5) is 5.69 Å². The van der Waals surface area contributed by atoms with Gasteiger partial charge in [-0.25, -0.2) is 0 Å². The second-order valence-electron chi connectivity index (χ2n) is 5.42. The van der Waals surface area contributed by atoms with Crippen LogP contribution in [0.3, 0.4) is 0 Å². The summed E-state index contributed by atoms with van der Waals surface area (Å²) in [5.74, 6) is 0. The van der Waals surface area contributed by atoms with Crippen LogP contribution in [-0.2, 0) is 13.0 Å². The molecular formula is C17H22N2S. The third-order valence-electron chi connectivity index (χ3n) is 3.91. The molecule has 0 aliphatic carbocycles. The Bertz CT molecular complexity index is 498. The minimum Gasteiger partial charge on any atom is -0.372 e. The predicted octanol–water partition coefficient (Wildman–Crippen LogP) is 3.68. The molecule has 0 bridgehead atoms. The fourth-order valence-electron chi connectivity index (χ4n) is 2.70. The van der Waals surface area contributed by atoms with Gasteiger partial charge in [0.05, 0.1) is 0 Å². The van der Waals surface area contributed by atoms with Gasteiger partial charge in [-0.1, -0.05) is 12.1 Å². The molecule has 0 atom stereocenters. The van der Waals surface area contributed by atoms with E-state index in [4.69, 9.17) is 0 Å². The third kappa shape index (κ3) is 3.62. The van der Waals surface area contributed by atoms with E-state index in [-0.39, 0.29) is 0 Å². The molecule has 1 N–H and O–H groups in total. The largest absolute Gasteiger partial charge is 0.372 e. The van der Waals surface area contributed by atoms with Crippen molar-refractivity contribution in [3.63, 3.8) is 0 Å². The first kappa shape index (κ1) is 13.7. The summed E-state index contributed by atoms with van der Waals surface area (Å²) >= 11 is 1.78. The Labute approximate surface area is 125 Å². The summed E-state index contributed by atoms with van der Waals surface area (Å²) in [4.78, 5) is 2.48. The number of nitrogens with zero attached hydrogens (tertiary/aromatic N) is 1. The first-order valence-electron chi connectivity index (χ1n) is 7.47. The molecule has 1 aliphatic heterocycles. The number of benzene rings is 1. The van der Waals surface area contributed by atoms with Crippen molar-refractivity contribution in [2.75, 3.05) is 24.5 Å². The fourth-order valence-corrected chi connectivity index (χ4v) is 3.40. The van der Waals surface area contributed by atoms with Crippen molar-refractivity contribution in [2.45, 2.75) is 25.8 Å². The van der Waals surface area contributed by atoms with Gasteiger partial charge in [-0.15, -0.1) is 0 Å². The van der Waals surface area contributed by atoms with E-state index in [0.717, 1.165) is 19.5 Å². The summed E-state index contributed by atoms with van der Waals surface area (Å²) in [6, 6.07) is 11.2. The summed E-state index contributed by atoms with van der Waals surface area (Å²) in [7, 11) is 0. The maximum Gasteiger partial charge on any atom is 0.0366 e. The molecule has 1 saturated heterocycles. The number of hydrogen-bond acceptors (Lipinski definition) is 3. The first-order chi connectivity index (χ1) is 9.92. The molecule has 1 aromatic carbocycles. The van der Waals surface area contributed by atoms with Crippen LogP contribution in [0.15, 0.2) is 41.1 Å². The van der Waals surface area contributed by atoms with Gasteiger partial charge in [-0.05, 0) is 65.9 Å². The molecule has 0 spiro atoms. The van der Waals surface area contributed by atoms with Crippen molar-refractivity contribution in [1.29, 1.82) is 0 Å². The van der Waals surface area contributed by atoms with Crippen molar-refractivity contribution in [2.24, 2.45) is 0 Å². The Morgan fingerprint density at radius 1 is 1.00 bits per heavy atom. The molecule has 0 unspecified atom stereocenters. The molecular weight excluding hydrogens is 264 g/mol. The standard InChI is InChI=1S/C17H22N2S/c1-2-11-19(10-1)17-5-3-15(4-6-17)13-18-9-7-16-8-12-20-14-16/h3-6,8,12,14,18H,1-2,7,9-11,13H2. The maximum atomic E-state index is 3.52. The van der Waals surface area contributed by atoms with E-state index in [1.54, 1.807) is 11.3 Å². The molecule has 20 heavy (non-hydrogen) atoms. The van der Waals surface area contributed by atoms with Crippen molar-refractivity contribution in [1.82, 2.24) is 5.32 Å². The van der Waals surface area contributed by atoms with Crippen molar-refractivity contribution in [3.8, 4) is 0 Å². The van der Waals surface area contributed by atoms with Crippen LogP contribution in [0.1, 0.15) is 24.0 Å². The minimum absolute atomic E-state index is 0.963. The van der Waals surface area contributed by atoms with Gasteiger partial charge in [0.1, 0.15) is 0 Å². The molecule has 3 rings (SSSR count). The fraction of sp³-hybridized carbons (Fsp3) is 0.412. The molecule has 0 amide bonds. The highest BCUT2D eigenvalue weighted by atomic mass is 32.1. The monoisotopic (exact) mass is 286 g/mol. The third-order valence-corrected chi connectivity index (χ3v) is 4.64. The molecule has 3 heteroatoms. The maximum absolute atomic E-state index is 3.52. The van der Waals surface area contributed by atoms with Crippen LogP contribution in [0.5, 0.6) is 0 Å². The van der Waals surface area contributed by atoms with Crippen LogP contribution in [0.25, 0.3) is 0 Å². The number of anilines is 1. The highest BCUT2D eigenvalue weighted by Crippen LogP contribution is 2.20. The lowest BCUT2D eigenvalue weighted by Crippen LogP contribution is -2.18. The Kier molecular flexibility index (Phi) is 4.72. The van der Waals surface area contributed by atoms with Gasteiger partial charge >= 0.3 is 0 Å². The average molecular weight is 286 g/mol. The van der Waals surface area contributed by atoms with Gasteiger partial charge in [0.25, 0.3) is 0 Å². The number of rotatable bonds is 6. The summed E-state index contributed by atoms with van der Waals surface area (Å²) in [6.45, 7) is 4.45. The molecule has 2 aromatic rings. The topological polar surface area (TPSA) is 15.3 Å². The second kappa shape index (κ2) is 6.91. The minimum atomic E-state index is 0.963. The van der Waals surface area contributed by atoms with Gasteiger partial charge < -0.3 is 10.2 Å². The number of hydrogen-bond donors (Lipinski definition) is 1. The van der Waals surface area contributed by atoms with E-state index >= 15 is 0 Å². The Morgan fingerprint density at radius 3 is 2.50 bits per heavy atom. The number of nitrogens with one attached hydrogen (secondary N) is 1. The van der Waals surface area contributed by atoms with Crippen molar-refractivity contribution in [3.05, 3.63) is 52.2 Å². The lowest BCUT2D eigenvalue weighted by atomic mass is 10.2. The normalized spacial score (nSPS) is 14.9. The van der Waals surface area contributed by atoms with E-state index in [1.165, 1.54) is 42.7 Å². The second-order valence-corrected chi connectivity index (χ2v) is 6.20. The molecule has 1 fully saturated rings. The molecule has 106 valence electrons. The van der Waals surface area contributed by atoms with Gasteiger partial charge in [0, 0.05) is 25.3 Å². The molecule has 2 nitrogen and oxygen atoms in total. The van der Waals surface area contributed by atoms with E-state index < -0.39 is 0 Å². The highest BCUT2D eigenvalue weighted by Gasteiger charge is 2.11. The summed E-state index contributed by atoms with van der Waals surface area (Å²) in [6.07, 6.45) is 3.80. The molecule has 1 aliphatic rings. The van der Waals surface area contributed by atoms with Crippen LogP contribution in [0, 0.1) is 0 Å². The summed E-state index contributed by atoms with van der Waals surface area (Å²) < 4.78 is 0. The first-order valence-corrected chi connectivity index (χ1v) is 8.42. The van der Waals surface area contributed by atoms with E-state index in [0.29, 0.717) is 0 Å². The smallest absolute Gasteiger partial charge is 0.0366 e. The van der Waals surface area contributed by atoms with Gasteiger partial charge in [-0.2, -0.15) is 11.3 Å². The Balaban J connectivity index is 1.43. The number of thiophene rings is 1. The lowest BCUT2D eigenvalue weighted by Gasteiger charge is -2.17. The van der Waals surface area contributed by atoms with Crippen molar-refractivity contribution >= 4 is 17.0 Å². The Hall–Kier alpha value is -1.32. The summed E-state index contributed by atoms with van der Waals surface area (Å²) in [5, 5.41) is 7.89. The predicted molar refractivity (Wildman–Crippen MR) is 87.6 cm³/mol. The van der Waals surface area contributed by atoms with Gasteiger partial charge in [-0.3, -0.25) is 0 Å². The van der Waals surface area contributed by atoms with Crippen LogP contribution in [0.2, 0.25) is 0 Å². The van der Waals surface area contributed by atoms with Crippen LogP contribution >= 0.6 is 11.3 Å². The highest BCUT2D eigenvalue weighted by molar-refractivity contribution is 7.07. The quantitative estimate of drug-likeness (QED) is 0.815. The Morgan fingerprint density at radius 2 is 1.80 bits per heavy atom. The lowest BCUT2D eigenvalue weighted by molar-refractivity contribution is 0.687. The van der Waals surface area contributed by atoms with Crippen LogP contribution in [-0.4, -0.2) is 19.6 Å². The van der Waals surface area contributed by atoms with E-state index in [9.17, 15) is 0 Å². The average Bonchev–Trinajstić information content (AvgIpc) is 3.17. The molecule has 2 heterocycles. The van der Waals surface area contributed by atoms with E-state index in [1.807, 2.05) is 0 Å². The van der Waals surface area contributed by atoms with Crippen molar-refractivity contribution < 1.29 is 0 Å². The molecule has 1 aromatic heterocycles. The summed E-state index contributed by atoms with van der Waals surface area (Å²) in [5.41, 5.74) is 4.19. The van der Waals surface area contributed by atoms with Crippen LogP contribution < -0.4 is 10.2 Å². The van der Waals surface area contributed by atoms with Gasteiger partial charge in [0.15, 0.2) is 0 Å². The van der Waals surface area contributed by atoms with E-state index in [2.05, 4.69) is 51.3 Å². The molecule has 0 saturated carbocycles.